The van der Waals surface area contributed by atoms with Crippen molar-refractivity contribution in [3.05, 3.63) is 53.2 Å². The zero-order chi connectivity index (χ0) is 25.2. The normalized spacial score (nSPS) is 15.4. The Kier molecular flexibility index (Phi) is 6.63. The van der Waals surface area contributed by atoms with Crippen molar-refractivity contribution in [1.82, 2.24) is 19.8 Å². The van der Waals surface area contributed by atoms with E-state index in [0.29, 0.717) is 23.0 Å². The summed E-state index contributed by atoms with van der Waals surface area (Å²) in [6.07, 6.45) is 8.87. The van der Waals surface area contributed by atoms with Gasteiger partial charge in [-0.15, -0.1) is 17.8 Å². The lowest BCUT2D eigenvalue weighted by Crippen LogP contribution is -2.37. The first kappa shape index (κ1) is 23.9. The van der Waals surface area contributed by atoms with Crippen LogP contribution in [0.1, 0.15) is 28.2 Å². The van der Waals surface area contributed by atoms with Crippen molar-refractivity contribution in [3.63, 3.8) is 0 Å². The summed E-state index contributed by atoms with van der Waals surface area (Å²) >= 11 is 1.39. The molecular weight excluding hydrogens is 476 g/mol. The van der Waals surface area contributed by atoms with E-state index < -0.39 is 0 Å². The van der Waals surface area contributed by atoms with Crippen molar-refractivity contribution in [1.29, 1.82) is 0 Å². The van der Waals surface area contributed by atoms with Crippen molar-refractivity contribution in [2.75, 3.05) is 26.8 Å². The Balaban J connectivity index is 1.42. The third-order valence-electron chi connectivity index (χ3n) is 6.31. The fourth-order valence-electron chi connectivity index (χ4n) is 4.71. The highest BCUT2D eigenvalue weighted by Crippen LogP contribution is 2.37. The predicted octanol–water partition coefficient (Wildman–Crippen LogP) is 4.79. The Morgan fingerprint density at radius 1 is 1.28 bits per heavy atom. The van der Waals surface area contributed by atoms with E-state index in [0.717, 1.165) is 46.2 Å². The first-order valence-electron chi connectivity index (χ1n) is 11.7. The number of carbonyl (C=O) groups is 2. The molecule has 2 amide bonds. The number of methoxy groups -OCH3 is 1. The van der Waals surface area contributed by atoms with Crippen LogP contribution in [0.4, 0.5) is 4.79 Å². The number of carbonyl (C=O) groups excluding carboxylic acids is 2. The summed E-state index contributed by atoms with van der Waals surface area (Å²) in [4.78, 5) is 32.7. The van der Waals surface area contributed by atoms with Crippen molar-refractivity contribution >= 4 is 44.4 Å². The summed E-state index contributed by atoms with van der Waals surface area (Å²) < 4.78 is 13.9. The van der Waals surface area contributed by atoms with Crippen molar-refractivity contribution in [2.45, 2.75) is 25.8 Å². The number of benzene rings is 1. The van der Waals surface area contributed by atoms with E-state index in [-0.39, 0.29) is 24.5 Å². The van der Waals surface area contributed by atoms with Gasteiger partial charge in [0.25, 0.3) is 5.91 Å². The molecule has 1 saturated heterocycles. The van der Waals surface area contributed by atoms with Gasteiger partial charge in [0.1, 0.15) is 11.5 Å². The van der Waals surface area contributed by atoms with Gasteiger partial charge in [0.15, 0.2) is 0 Å². The number of likely N-dealkylation sites (tertiary alicyclic amines) is 1. The molecule has 1 aliphatic rings. The number of terminal acetylenes is 1. The molecule has 1 N–H and O–H groups in total. The molecule has 8 nitrogen and oxygen atoms in total. The second kappa shape index (κ2) is 10.0. The molecule has 0 unspecified atom stereocenters. The summed E-state index contributed by atoms with van der Waals surface area (Å²) in [6.45, 7) is 3.30. The molecule has 9 heteroatoms. The quantitative estimate of drug-likeness (QED) is 0.383. The van der Waals surface area contributed by atoms with Gasteiger partial charge in [-0.1, -0.05) is 5.92 Å². The molecule has 5 rings (SSSR count). The van der Waals surface area contributed by atoms with Gasteiger partial charge in [-0.25, -0.2) is 4.79 Å². The molecule has 1 aliphatic heterocycles. The minimum Gasteiger partial charge on any atom is -0.456 e. The van der Waals surface area contributed by atoms with E-state index in [1.165, 1.54) is 11.3 Å². The van der Waals surface area contributed by atoms with E-state index in [4.69, 9.17) is 15.9 Å². The van der Waals surface area contributed by atoms with Crippen LogP contribution in [0.2, 0.25) is 0 Å². The highest BCUT2D eigenvalue weighted by Gasteiger charge is 2.30. The molecular formula is C27H26N4O4S. The van der Waals surface area contributed by atoms with Gasteiger partial charge in [-0.05, 0) is 50.1 Å². The molecule has 0 spiro atoms. The smallest absolute Gasteiger partial charge is 0.327 e. The van der Waals surface area contributed by atoms with Gasteiger partial charge in [0.05, 0.1) is 39.8 Å². The van der Waals surface area contributed by atoms with E-state index in [1.54, 1.807) is 23.9 Å². The second-order valence-electron chi connectivity index (χ2n) is 8.69. The molecule has 3 aromatic heterocycles. The molecule has 0 saturated carbocycles. The van der Waals surface area contributed by atoms with Crippen LogP contribution in [0.3, 0.4) is 0 Å². The maximum atomic E-state index is 13.2. The maximum Gasteiger partial charge on any atom is 0.327 e. The third kappa shape index (κ3) is 4.41. The van der Waals surface area contributed by atoms with Crippen molar-refractivity contribution in [3.8, 4) is 23.8 Å². The van der Waals surface area contributed by atoms with Gasteiger partial charge in [0.2, 0.25) is 0 Å². The number of nitrogens with zero attached hydrogens (tertiary/aromatic N) is 3. The highest BCUT2D eigenvalue weighted by atomic mass is 32.1. The second-order valence-corrected chi connectivity index (χ2v) is 9.74. The Hall–Kier alpha value is -3.87. The first-order chi connectivity index (χ1) is 17.5. The lowest BCUT2D eigenvalue weighted by molar-refractivity contribution is 0.0635. The number of ether oxygens (including phenoxy) is 2. The molecule has 4 aromatic rings. The monoisotopic (exact) mass is 502 g/mol. The Morgan fingerprint density at radius 2 is 2.14 bits per heavy atom. The van der Waals surface area contributed by atoms with Gasteiger partial charge < -0.3 is 19.7 Å². The molecule has 4 heterocycles. The van der Waals surface area contributed by atoms with Gasteiger partial charge in [-0.2, -0.15) is 0 Å². The average Bonchev–Trinajstić information content (AvgIpc) is 3.59. The average molecular weight is 503 g/mol. The van der Waals surface area contributed by atoms with Crippen LogP contribution in [-0.2, 0) is 4.74 Å². The Labute approximate surface area is 212 Å². The molecule has 36 heavy (non-hydrogen) atoms. The number of hydrogen-bond acceptors (Lipinski definition) is 6. The van der Waals surface area contributed by atoms with E-state index >= 15 is 0 Å². The molecule has 0 bridgehead atoms. The van der Waals surface area contributed by atoms with Crippen LogP contribution in [-0.4, -0.2) is 59.2 Å². The lowest BCUT2D eigenvalue weighted by Gasteiger charge is -2.23. The molecule has 0 aliphatic carbocycles. The lowest BCUT2D eigenvalue weighted by atomic mass is 10.2. The molecule has 1 aromatic carbocycles. The number of aromatic nitrogens is 2. The number of fused-ring (bicyclic) bond motifs is 2. The fraction of sp³-hybridized carbons (Fsp3) is 0.296. The summed E-state index contributed by atoms with van der Waals surface area (Å²) in [6, 6.07) is 10.9. The number of rotatable bonds is 6. The summed E-state index contributed by atoms with van der Waals surface area (Å²) in [7, 11) is 1.66. The number of thiophene rings is 1. The Morgan fingerprint density at radius 3 is 2.94 bits per heavy atom. The van der Waals surface area contributed by atoms with Gasteiger partial charge in [-0.3, -0.25) is 14.3 Å². The number of aryl methyl sites for hydroxylation is 1. The number of nitrogens with one attached hydrogen (secondary N) is 1. The third-order valence-corrected chi connectivity index (χ3v) is 7.44. The van der Waals surface area contributed by atoms with Crippen LogP contribution < -0.4 is 10.1 Å². The minimum absolute atomic E-state index is 0.00449. The molecule has 1 atom stereocenters. The molecule has 1 fully saturated rings. The zero-order valence-electron chi connectivity index (χ0n) is 20.1. The summed E-state index contributed by atoms with van der Waals surface area (Å²) in [5, 5.41) is 3.56. The SMILES string of the molecule is C#CCNC(=O)n1c(C)cc2cc(Oc3ccnc4cc(C(=O)N5CCC[C@@H]5COC)sc34)ccc21. The zero-order valence-corrected chi connectivity index (χ0v) is 20.9. The predicted molar refractivity (Wildman–Crippen MR) is 140 cm³/mol. The van der Waals surface area contributed by atoms with Crippen LogP contribution in [0, 0.1) is 19.3 Å². The summed E-state index contributed by atoms with van der Waals surface area (Å²) in [5.41, 5.74) is 2.27. The van der Waals surface area contributed by atoms with Crippen LogP contribution in [0.5, 0.6) is 11.5 Å². The van der Waals surface area contributed by atoms with E-state index in [2.05, 4.69) is 16.2 Å². The maximum absolute atomic E-state index is 13.2. The highest BCUT2D eigenvalue weighted by molar-refractivity contribution is 7.21. The molecule has 184 valence electrons. The van der Waals surface area contributed by atoms with E-state index in [1.807, 2.05) is 42.2 Å². The van der Waals surface area contributed by atoms with Crippen LogP contribution in [0.15, 0.2) is 42.6 Å². The largest absolute Gasteiger partial charge is 0.456 e. The number of pyridine rings is 1. The van der Waals surface area contributed by atoms with Gasteiger partial charge in [0, 0.05) is 37.0 Å². The van der Waals surface area contributed by atoms with Crippen molar-refractivity contribution in [2.24, 2.45) is 0 Å². The standard InChI is InChI=1S/C27H26N4O4S/c1-4-10-29-27(33)31-17(2)13-18-14-20(7-8-22(18)31)35-23-9-11-28-21-15-24(36-25(21)23)26(32)30-12-5-6-19(30)16-34-3/h1,7-9,11,13-15,19H,5-6,10,12,16H2,2-3H3,(H,29,33)/t19-/m1/s1. The topological polar surface area (TPSA) is 85.7 Å². The number of amides is 2. The van der Waals surface area contributed by atoms with Crippen molar-refractivity contribution < 1.29 is 19.1 Å². The van der Waals surface area contributed by atoms with Crippen LogP contribution >= 0.6 is 11.3 Å². The summed E-state index contributed by atoms with van der Waals surface area (Å²) in [5.74, 6) is 3.67. The fourth-order valence-corrected chi connectivity index (χ4v) is 5.73. The Bertz CT molecular complexity index is 1500. The first-order valence-corrected chi connectivity index (χ1v) is 12.5. The minimum atomic E-state index is -0.272. The number of hydrogen-bond donors (Lipinski definition) is 1. The van der Waals surface area contributed by atoms with Crippen LogP contribution in [0.25, 0.3) is 21.1 Å². The molecule has 0 radical (unpaired) electrons. The van der Waals surface area contributed by atoms with Gasteiger partial charge >= 0.3 is 6.03 Å². The van der Waals surface area contributed by atoms with E-state index in [9.17, 15) is 9.59 Å².